The first-order valence-electron chi connectivity index (χ1n) is 2.20. The summed E-state index contributed by atoms with van der Waals surface area (Å²) in [6, 6.07) is 0. The third-order valence-corrected chi connectivity index (χ3v) is 1.01. The minimum Gasteiger partial charge on any atom is -0.276 e. The van der Waals surface area contributed by atoms with Gasteiger partial charge in [-0.3, -0.25) is 4.79 Å². The molecule has 0 radical (unpaired) electrons. The lowest BCUT2D eigenvalue weighted by Crippen LogP contribution is -1.96. The van der Waals surface area contributed by atoms with Crippen molar-refractivity contribution in [1.29, 1.82) is 0 Å². The van der Waals surface area contributed by atoms with Crippen LogP contribution in [0.1, 0.15) is 6.92 Å². The SMILES string of the molecule is CC(F)=C(CF)C(=O)Cl. The zero-order valence-electron chi connectivity index (χ0n) is 4.75. The van der Waals surface area contributed by atoms with Crippen molar-refractivity contribution in [2.24, 2.45) is 0 Å². The lowest BCUT2D eigenvalue weighted by molar-refractivity contribution is -0.108. The van der Waals surface area contributed by atoms with Gasteiger partial charge in [0.1, 0.15) is 12.5 Å². The molecule has 0 aliphatic carbocycles. The molecule has 0 saturated heterocycles. The fourth-order valence-corrected chi connectivity index (χ4v) is 0.461. The molecule has 0 aromatic heterocycles. The summed E-state index contributed by atoms with van der Waals surface area (Å²) in [5.74, 6) is -0.863. The van der Waals surface area contributed by atoms with Crippen LogP contribution < -0.4 is 0 Å². The summed E-state index contributed by atoms with van der Waals surface area (Å²) >= 11 is 4.76. The summed E-state index contributed by atoms with van der Waals surface area (Å²) in [5.41, 5.74) is -0.600. The van der Waals surface area contributed by atoms with E-state index in [4.69, 9.17) is 11.6 Å². The largest absolute Gasteiger partial charge is 0.276 e. The third kappa shape index (κ3) is 2.56. The molecule has 0 saturated carbocycles. The van der Waals surface area contributed by atoms with E-state index in [1.165, 1.54) is 0 Å². The van der Waals surface area contributed by atoms with Crippen LogP contribution in [0.2, 0.25) is 0 Å². The summed E-state index contributed by atoms with van der Waals surface area (Å²) in [6.07, 6.45) is 0. The number of carbonyl (C=O) groups excluding carboxylic acids is 1. The van der Waals surface area contributed by atoms with Crippen LogP contribution in [0.15, 0.2) is 11.4 Å². The molecule has 52 valence electrons. The Morgan fingerprint density at radius 1 is 1.67 bits per heavy atom. The van der Waals surface area contributed by atoms with Crippen molar-refractivity contribution in [3.05, 3.63) is 11.4 Å². The van der Waals surface area contributed by atoms with Gasteiger partial charge in [-0.1, -0.05) is 0 Å². The van der Waals surface area contributed by atoms with E-state index in [2.05, 4.69) is 0 Å². The van der Waals surface area contributed by atoms with Crippen molar-refractivity contribution in [2.45, 2.75) is 6.92 Å². The lowest BCUT2D eigenvalue weighted by atomic mass is 10.3. The summed E-state index contributed by atoms with van der Waals surface area (Å²) in [4.78, 5) is 10.0. The van der Waals surface area contributed by atoms with Crippen molar-refractivity contribution < 1.29 is 13.6 Å². The van der Waals surface area contributed by atoms with E-state index in [0.29, 0.717) is 0 Å². The zero-order chi connectivity index (χ0) is 7.44. The standard InChI is InChI=1S/C5H5ClF2O/c1-3(8)4(2-7)5(6)9/h2H2,1H3. The number of hydrogen-bond donors (Lipinski definition) is 0. The molecule has 0 heterocycles. The van der Waals surface area contributed by atoms with Gasteiger partial charge in [0.25, 0.3) is 5.24 Å². The lowest BCUT2D eigenvalue weighted by Gasteiger charge is -1.92. The molecule has 9 heavy (non-hydrogen) atoms. The first-order chi connectivity index (χ1) is 4.09. The third-order valence-electron chi connectivity index (χ3n) is 0.787. The van der Waals surface area contributed by atoms with Crippen LogP contribution in [-0.2, 0) is 4.79 Å². The van der Waals surface area contributed by atoms with E-state index in [-0.39, 0.29) is 0 Å². The summed E-state index contributed by atoms with van der Waals surface area (Å²) < 4.78 is 23.5. The molecule has 0 fully saturated rings. The molecule has 0 aliphatic rings. The van der Waals surface area contributed by atoms with E-state index in [1.807, 2.05) is 0 Å². The number of rotatable bonds is 2. The van der Waals surface area contributed by atoms with E-state index in [9.17, 15) is 13.6 Å². The van der Waals surface area contributed by atoms with E-state index < -0.39 is 23.3 Å². The summed E-state index contributed by atoms with van der Waals surface area (Å²) in [6.45, 7) is -0.167. The molecule has 1 nitrogen and oxygen atoms in total. The van der Waals surface area contributed by atoms with Crippen LogP contribution in [-0.4, -0.2) is 11.9 Å². The molecule has 4 heteroatoms. The molecular weight excluding hydrogens is 150 g/mol. The molecule has 0 spiro atoms. The molecule has 0 aromatic carbocycles. The quantitative estimate of drug-likeness (QED) is 0.439. The van der Waals surface area contributed by atoms with Gasteiger partial charge in [0.2, 0.25) is 0 Å². The first-order valence-corrected chi connectivity index (χ1v) is 2.58. The van der Waals surface area contributed by atoms with Crippen molar-refractivity contribution in [3.63, 3.8) is 0 Å². The Morgan fingerprint density at radius 2 is 2.11 bits per heavy atom. The van der Waals surface area contributed by atoms with Gasteiger partial charge in [0.05, 0.1) is 5.57 Å². The average molecular weight is 155 g/mol. The van der Waals surface area contributed by atoms with E-state index in [1.54, 1.807) is 0 Å². The van der Waals surface area contributed by atoms with E-state index in [0.717, 1.165) is 6.92 Å². The van der Waals surface area contributed by atoms with Gasteiger partial charge in [-0.15, -0.1) is 0 Å². The Morgan fingerprint density at radius 3 is 2.11 bits per heavy atom. The van der Waals surface area contributed by atoms with Gasteiger partial charge in [0, 0.05) is 0 Å². The maximum absolute atomic E-state index is 12.0. The van der Waals surface area contributed by atoms with Crippen molar-refractivity contribution >= 4 is 16.8 Å². The van der Waals surface area contributed by atoms with Crippen LogP contribution in [0.3, 0.4) is 0 Å². The number of alkyl halides is 1. The fraction of sp³-hybridized carbons (Fsp3) is 0.400. The van der Waals surface area contributed by atoms with Crippen LogP contribution in [0, 0.1) is 0 Å². The molecule has 0 aliphatic heterocycles. The molecule has 0 N–H and O–H groups in total. The Kier molecular flexibility index (Phi) is 3.39. The second-order valence-corrected chi connectivity index (χ2v) is 1.76. The minimum absolute atomic E-state index is 0.600. The predicted octanol–water partition coefficient (Wildman–Crippen LogP) is 1.96. The number of allylic oxidation sites excluding steroid dienone is 2. The molecule has 0 rings (SSSR count). The van der Waals surface area contributed by atoms with Crippen molar-refractivity contribution in [2.75, 3.05) is 6.67 Å². The van der Waals surface area contributed by atoms with Crippen LogP contribution in [0.4, 0.5) is 8.78 Å². The van der Waals surface area contributed by atoms with Crippen molar-refractivity contribution in [1.82, 2.24) is 0 Å². The predicted molar refractivity (Wildman–Crippen MR) is 30.6 cm³/mol. The highest BCUT2D eigenvalue weighted by Crippen LogP contribution is 2.08. The Hall–Kier alpha value is -0.440. The maximum Gasteiger partial charge on any atom is 0.253 e. The van der Waals surface area contributed by atoms with Gasteiger partial charge in [-0.2, -0.15) is 0 Å². The van der Waals surface area contributed by atoms with Gasteiger partial charge >= 0.3 is 0 Å². The molecule has 0 atom stereocenters. The minimum atomic E-state index is -1.15. The Bertz CT molecular complexity index is 149. The van der Waals surface area contributed by atoms with E-state index >= 15 is 0 Å². The number of halogens is 3. The Labute approximate surface area is 56.3 Å². The fourth-order valence-electron chi connectivity index (χ4n) is 0.280. The normalized spacial score (nSPS) is 12.9. The highest BCUT2D eigenvalue weighted by atomic mass is 35.5. The van der Waals surface area contributed by atoms with Gasteiger partial charge in [0.15, 0.2) is 0 Å². The van der Waals surface area contributed by atoms with Gasteiger partial charge in [-0.05, 0) is 18.5 Å². The first kappa shape index (κ1) is 8.56. The van der Waals surface area contributed by atoms with Crippen LogP contribution >= 0.6 is 11.6 Å². The van der Waals surface area contributed by atoms with Gasteiger partial charge in [-0.25, -0.2) is 8.78 Å². The second-order valence-electron chi connectivity index (χ2n) is 1.42. The smallest absolute Gasteiger partial charge is 0.253 e. The van der Waals surface area contributed by atoms with Gasteiger partial charge < -0.3 is 0 Å². The average Bonchev–Trinajstić information content (AvgIpc) is 1.64. The highest BCUT2D eigenvalue weighted by Gasteiger charge is 2.08. The second kappa shape index (κ2) is 3.56. The molecule has 0 unspecified atom stereocenters. The summed E-state index contributed by atoms with van der Waals surface area (Å²) in [5, 5.41) is -1.07. The zero-order valence-corrected chi connectivity index (χ0v) is 5.51. The maximum atomic E-state index is 12.0. The van der Waals surface area contributed by atoms with Crippen molar-refractivity contribution in [3.8, 4) is 0 Å². The highest BCUT2D eigenvalue weighted by molar-refractivity contribution is 6.67. The van der Waals surface area contributed by atoms with Crippen LogP contribution in [0.5, 0.6) is 0 Å². The number of carbonyl (C=O) groups is 1. The monoisotopic (exact) mass is 154 g/mol. The molecule has 0 amide bonds. The topological polar surface area (TPSA) is 17.1 Å². The molecule has 0 aromatic rings. The molecular formula is C5H5ClF2O. The molecule has 0 bridgehead atoms. The number of hydrogen-bond acceptors (Lipinski definition) is 1. The Balaban J connectivity index is 4.35. The van der Waals surface area contributed by atoms with Crippen LogP contribution in [0.25, 0.3) is 0 Å². The summed E-state index contributed by atoms with van der Waals surface area (Å²) in [7, 11) is 0.